The van der Waals surface area contributed by atoms with Crippen LogP contribution in [-0.4, -0.2) is 23.5 Å². The van der Waals surface area contributed by atoms with Gasteiger partial charge < -0.3 is 10.6 Å². The summed E-state index contributed by atoms with van der Waals surface area (Å²) in [5, 5.41) is 6.30. The molecule has 0 atom stereocenters. The fourth-order valence-corrected chi connectivity index (χ4v) is 5.32. The van der Waals surface area contributed by atoms with Gasteiger partial charge in [-0.1, -0.05) is 81.2 Å². The van der Waals surface area contributed by atoms with E-state index in [4.69, 9.17) is 81.2 Å². The van der Waals surface area contributed by atoms with Gasteiger partial charge in [-0.3, -0.25) is 9.59 Å². The summed E-state index contributed by atoms with van der Waals surface area (Å²) < 4.78 is 0. The van der Waals surface area contributed by atoms with Gasteiger partial charge in [0, 0.05) is 29.5 Å². The molecule has 13 heteroatoms. The van der Waals surface area contributed by atoms with Crippen molar-refractivity contribution in [3.8, 4) is 0 Å². The SMILES string of the molecule is CC(=O)N/C(=N\c1ccc(/N=C2\NC(=O)C3=C2CC(Cl)=C(Cl)C(Cl)=C3Cl)cc1)c1cc(C)c(Cl)c(Cl)c1Cl. The Labute approximate surface area is 252 Å². The van der Waals surface area contributed by atoms with E-state index in [2.05, 4.69) is 20.6 Å². The molecule has 0 bridgehead atoms. The third-order valence-corrected chi connectivity index (χ3v) is 8.67. The summed E-state index contributed by atoms with van der Waals surface area (Å²) in [6, 6.07) is 8.38. The Hall–Kier alpha value is -2.03. The van der Waals surface area contributed by atoms with E-state index in [1.54, 1.807) is 37.3 Å². The molecule has 196 valence electrons. The lowest BCUT2D eigenvalue weighted by Gasteiger charge is -2.13. The minimum atomic E-state index is -0.465. The summed E-state index contributed by atoms with van der Waals surface area (Å²) in [7, 11) is 0. The highest BCUT2D eigenvalue weighted by molar-refractivity contribution is 6.53. The number of allylic oxidation sites excluding steroid dienone is 3. The van der Waals surface area contributed by atoms with Crippen LogP contribution < -0.4 is 10.6 Å². The summed E-state index contributed by atoms with van der Waals surface area (Å²) in [6.45, 7) is 3.11. The first-order chi connectivity index (χ1) is 17.9. The first-order valence-electron chi connectivity index (χ1n) is 10.7. The zero-order valence-electron chi connectivity index (χ0n) is 19.5. The Morgan fingerprint density at radius 1 is 0.895 bits per heavy atom. The van der Waals surface area contributed by atoms with Gasteiger partial charge in [-0.2, -0.15) is 0 Å². The number of rotatable bonds is 3. The fourth-order valence-electron chi connectivity index (χ4n) is 3.64. The number of aliphatic imine (C=N–C) groups is 2. The first-order valence-corrected chi connectivity index (χ1v) is 13.4. The second kappa shape index (κ2) is 11.6. The first kappa shape index (κ1) is 29.0. The van der Waals surface area contributed by atoms with Crippen LogP contribution in [0.1, 0.15) is 24.5 Å². The molecule has 2 aromatic rings. The molecule has 0 radical (unpaired) electrons. The molecule has 4 rings (SSSR count). The minimum absolute atomic E-state index is 0.00333. The Kier molecular flexibility index (Phi) is 8.85. The van der Waals surface area contributed by atoms with Crippen LogP contribution in [0.4, 0.5) is 11.4 Å². The number of amides is 2. The Morgan fingerprint density at radius 3 is 2.16 bits per heavy atom. The summed E-state index contributed by atoms with van der Waals surface area (Å²) in [5.74, 6) is -0.356. The highest BCUT2D eigenvalue weighted by Crippen LogP contribution is 2.42. The average Bonchev–Trinajstić information content (AvgIpc) is 3.13. The van der Waals surface area contributed by atoms with Gasteiger partial charge in [-0.15, -0.1) is 0 Å². The largest absolute Gasteiger partial charge is 0.310 e. The van der Waals surface area contributed by atoms with Gasteiger partial charge in [0.2, 0.25) is 5.91 Å². The second-order valence-corrected chi connectivity index (χ2v) is 10.9. The lowest BCUT2D eigenvalue weighted by atomic mass is 10.1. The van der Waals surface area contributed by atoms with Crippen LogP contribution in [0.25, 0.3) is 0 Å². The topological polar surface area (TPSA) is 82.9 Å². The predicted molar refractivity (Wildman–Crippen MR) is 157 cm³/mol. The van der Waals surface area contributed by atoms with Crippen LogP contribution in [0.15, 0.2) is 71.6 Å². The molecule has 0 aromatic heterocycles. The number of hydrogen-bond donors (Lipinski definition) is 2. The van der Waals surface area contributed by atoms with E-state index in [9.17, 15) is 9.59 Å². The number of benzene rings is 2. The summed E-state index contributed by atoms with van der Waals surface area (Å²) >= 11 is 43.8. The van der Waals surface area contributed by atoms with Crippen LogP contribution in [0.3, 0.4) is 0 Å². The van der Waals surface area contributed by atoms with Crippen molar-refractivity contribution in [1.29, 1.82) is 0 Å². The molecule has 0 saturated heterocycles. The molecular weight excluding hydrogens is 636 g/mol. The monoisotopic (exact) mass is 648 g/mol. The van der Waals surface area contributed by atoms with E-state index in [0.29, 0.717) is 33.1 Å². The Balaban J connectivity index is 1.70. The molecule has 1 heterocycles. The third-order valence-electron chi connectivity index (χ3n) is 5.43. The van der Waals surface area contributed by atoms with Gasteiger partial charge in [0.05, 0.1) is 47.1 Å². The third kappa shape index (κ3) is 5.77. The van der Waals surface area contributed by atoms with Gasteiger partial charge in [-0.05, 0) is 42.8 Å². The fraction of sp³-hybridized carbons (Fsp3) is 0.120. The number of amidine groups is 2. The van der Waals surface area contributed by atoms with Crippen molar-refractivity contribution in [3.05, 3.63) is 87.8 Å². The van der Waals surface area contributed by atoms with Crippen LogP contribution in [-0.2, 0) is 9.59 Å². The molecule has 2 amide bonds. The number of carbonyl (C=O) groups excluding carboxylic acids is 2. The smallest absolute Gasteiger partial charge is 0.258 e. The Bertz CT molecular complexity index is 1550. The molecule has 0 fully saturated rings. The van der Waals surface area contributed by atoms with Crippen molar-refractivity contribution >= 4 is 116 Å². The lowest BCUT2D eigenvalue weighted by molar-refractivity contribution is -0.117. The maximum Gasteiger partial charge on any atom is 0.258 e. The maximum atomic E-state index is 12.6. The molecule has 1 aliphatic carbocycles. The number of nitrogens with one attached hydrogen (secondary N) is 2. The summed E-state index contributed by atoms with van der Waals surface area (Å²) in [4.78, 5) is 33.6. The molecule has 1 aliphatic heterocycles. The number of halogens is 7. The Morgan fingerprint density at radius 2 is 1.53 bits per heavy atom. The molecule has 0 spiro atoms. The van der Waals surface area contributed by atoms with E-state index in [0.717, 1.165) is 0 Å². The van der Waals surface area contributed by atoms with Gasteiger partial charge >= 0.3 is 0 Å². The van der Waals surface area contributed by atoms with E-state index in [-0.39, 0.29) is 59.7 Å². The van der Waals surface area contributed by atoms with Crippen molar-refractivity contribution in [2.45, 2.75) is 20.3 Å². The number of nitrogens with zero attached hydrogens (tertiary/aromatic N) is 2. The molecular formula is C25H15Cl7N4O2. The number of aryl methyl sites for hydroxylation is 1. The molecule has 38 heavy (non-hydrogen) atoms. The van der Waals surface area contributed by atoms with Crippen LogP contribution >= 0.6 is 81.2 Å². The van der Waals surface area contributed by atoms with Crippen LogP contribution in [0.5, 0.6) is 0 Å². The van der Waals surface area contributed by atoms with E-state index in [1.165, 1.54) is 6.92 Å². The van der Waals surface area contributed by atoms with Crippen molar-refractivity contribution in [2.75, 3.05) is 0 Å². The van der Waals surface area contributed by atoms with Crippen molar-refractivity contribution in [3.63, 3.8) is 0 Å². The van der Waals surface area contributed by atoms with Crippen molar-refractivity contribution in [1.82, 2.24) is 10.6 Å². The van der Waals surface area contributed by atoms with Gasteiger partial charge in [-0.25, -0.2) is 9.98 Å². The standard InChI is InChI=1S/C25H15Cl7N4O2/c1-9-7-14(18(28)21(31)17(9)27)24(33-10(2)37)35-12-5-3-11(4-6-12)34-23-13-8-15(26)19(29)22(32)20(30)16(13)25(38)36-23/h3-7H,8H2,1-2H3,(H,33,35,37)(H,34,36,38). The highest BCUT2D eigenvalue weighted by atomic mass is 35.5. The number of hydrogen-bond acceptors (Lipinski definition) is 4. The lowest BCUT2D eigenvalue weighted by Crippen LogP contribution is -2.29. The minimum Gasteiger partial charge on any atom is -0.310 e. The van der Waals surface area contributed by atoms with Gasteiger partial charge in [0.15, 0.2) is 0 Å². The maximum absolute atomic E-state index is 12.6. The van der Waals surface area contributed by atoms with Crippen LogP contribution in [0, 0.1) is 6.92 Å². The quantitative estimate of drug-likeness (QED) is 0.199. The van der Waals surface area contributed by atoms with Crippen LogP contribution in [0.2, 0.25) is 15.1 Å². The molecule has 2 aromatic carbocycles. The predicted octanol–water partition coefficient (Wildman–Crippen LogP) is 8.41. The van der Waals surface area contributed by atoms with Crippen molar-refractivity contribution in [2.24, 2.45) is 9.98 Å². The average molecular weight is 652 g/mol. The van der Waals surface area contributed by atoms with Crippen molar-refractivity contribution < 1.29 is 9.59 Å². The zero-order valence-corrected chi connectivity index (χ0v) is 24.7. The molecule has 2 N–H and O–H groups in total. The van der Waals surface area contributed by atoms with Gasteiger partial charge in [0.25, 0.3) is 5.91 Å². The van der Waals surface area contributed by atoms with E-state index < -0.39 is 5.91 Å². The number of carbonyl (C=O) groups is 2. The summed E-state index contributed by atoms with van der Waals surface area (Å²) in [6.07, 6.45) is 0.117. The molecule has 0 unspecified atom stereocenters. The molecule has 0 saturated carbocycles. The highest BCUT2D eigenvalue weighted by Gasteiger charge is 2.35. The molecule has 6 nitrogen and oxygen atoms in total. The summed E-state index contributed by atoms with van der Waals surface area (Å²) in [5.41, 5.74) is 2.69. The van der Waals surface area contributed by atoms with E-state index >= 15 is 0 Å². The zero-order chi connectivity index (χ0) is 27.9. The second-order valence-electron chi connectivity index (χ2n) is 8.13. The van der Waals surface area contributed by atoms with E-state index in [1.807, 2.05) is 0 Å². The van der Waals surface area contributed by atoms with Gasteiger partial charge in [0.1, 0.15) is 11.7 Å². The molecule has 2 aliphatic rings. The normalized spacial score (nSPS) is 17.2.